The van der Waals surface area contributed by atoms with Crippen molar-refractivity contribution in [3.05, 3.63) is 46.1 Å². The maximum Gasteiger partial charge on any atom is 0.208 e. The molecular weight excluding hydrogens is 308 g/mol. The maximum absolute atomic E-state index is 5.61. The minimum atomic E-state index is 0.606. The fourth-order valence-corrected chi connectivity index (χ4v) is 1.99. The zero-order valence-corrected chi connectivity index (χ0v) is 12.7. The number of hydrogen-bond donors (Lipinski definition) is 1. The lowest BCUT2D eigenvalue weighted by atomic mass is 10.3. The number of nitrogens with zero attached hydrogens (tertiary/aromatic N) is 1. The molecule has 2 aromatic rings. The van der Waals surface area contributed by atoms with Crippen molar-refractivity contribution in [2.24, 2.45) is 0 Å². The molecule has 1 N–H and O–H groups in total. The molecular formula is C14H17BrN2O2. The molecule has 1 aromatic carbocycles. The summed E-state index contributed by atoms with van der Waals surface area (Å²) in [5, 5.41) is 3.23. The summed E-state index contributed by atoms with van der Waals surface area (Å²) in [4.78, 5) is 4.30. The molecule has 1 aromatic heterocycles. The Balaban J connectivity index is 1.67. The molecule has 19 heavy (non-hydrogen) atoms. The van der Waals surface area contributed by atoms with Crippen molar-refractivity contribution in [2.45, 2.75) is 20.4 Å². The zero-order chi connectivity index (χ0) is 13.7. The van der Waals surface area contributed by atoms with Gasteiger partial charge in [-0.25, -0.2) is 4.98 Å². The summed E-state index contributed by atoms with van der Waals surface area (Å²) in [6, 6.07) is 7.80. The number of ether oxygens (including phenoxy) is 1. The van der Waals surface area contributed by atoms with Crippen molar-refractivity contribution in [2.75, 3.05) is 13.2 Å². The van der Waals surface area contributed by atoms with E-state index in [4.69, 9.17) is 9.15 Å². The highest BCUT2D eigenvalue weighted by Crippen LogP contribution is 2.17. The van der Waals surface area contributed by atoms with Crippen molar-refractivity contribution >= 4 is 15.9 Å². The van der Waals surface area contributed by atoms with Gasteiger partial charge in [-0.2, -0.15) is 0 Å². The van der Waals surface area contributed by atoms with E-state index < -0.39 is 0 Å². The Morgan fingerprint density at radius 3 is 2.89 bits per heavy atom. The molecule has 0 spiro atoms. The molecule has 0 fully saturated rings. The highest BCUT2D eigenvalue weighted by Gasteiger charge is 2.04. The van der Waals surface area contributed by atoms with Crippen LogP contribution in [-0.4, -0.2) is 18.1 Å². The lowest BCUT2D eigenvalue weighted by molar-refractivity contribution is 0.309. The van der Waals surface area contributed by atoms with E-state index in [9.17, 15) is 0 Å². The van der Waals surface area contributed by atoms with Gasteiger partial charge in [0.15, 0.2) is 0 Å². The molecule has 0 unspecified atom stereocenters. The van der Waals surface area contributed by atoms with Gasteiger partial charge in [-0.1, -0.05) is 22.0 Å². The van der Waals surface area contributed by atoms with Crippen molar-refractivity contribution in [1.82, 2.24) is 10.3 Å². The number of rotatable bonds is 6. The molecule has 0 aliphatic carbocycles. The molecule has 102 valence electrons. The Kier molecular flexibility index (Phi) is 4.99. The van der Waals surface area contributed by atoms with Gasteiger partial charge in [-0.3, -0.25) is 0 Å². The van der Waals surface area contributed by atoms with Gasteiger partial charge in [0.05, 0.1) is 12.2 Å². The molecule has 0 saturated heterocycles. The maximum atomic E-state index is 5.61. The minimum absolute atomic E-state index is 0.606. The summed E-state index contributed by atoms with van der Waals surface area (Å²) in [7, 11) is 0. The topological polar surface area (TPSA) is 47.3 Å². The molecule has 0 atom stereocenters. The van der Waals surface area contributed by atoms with E-state index in [1.165, 1.54) is 0 Å². The number of hydrogen-bond acceptors (Lipinski definition) is 4. The molecule has 0 radical (unpaired) electrons. The van der Waals surface area contributed by atoms with Crippen LogP contribution < -0.4 is 10.1 Å². The molecule has 0 saturated carbocycles. The van der Waals surface area contributed by atoms with Crippen molar-refractivity contribution in [1.29, 1.82) is 0 Å². The largest absolute Gasteiger partial charge is 0.492 e. The van der Waals surface area contributed by atoms with Gasteiger partial charge in [0, 0.05) is 11.0 Å². The Bertz CT molecular complexity index is 520. The summed E-state index contributed by atoms with van der Waals surface area (Å²) in [6.07, 6.45) is 0. The van der Waals surface area contributed by atoms with Crippen LogP contribution in [0.2, 0.25) is 0 Å². The molecule has 0 aliphatic heterocycles. The number of aromatic nitrogens is 1. The summed E-state index contributed by atoms with van der Waals surface area (Å²) in [6.45, 7) is 5.83. The third-order valence-corrected chi connectivity index (χ3v) is 3.19. The number of benzene rings is 1. The third-order valence-electron chi connectivity index (χ3n) is 2.69. The normalized spacial score (nSPS) is 10.7. The predicted octanol–water partition coefficient (Wildman–Crippen LogP) is 3.22. The lowest BCUT2D eigenvalue weighted by Gasteiger charge is -2.06. The van der Waals surface area contributed by atoms with Crippen molar-refractivity contribution < 1.29 is 9.15 Å². The molecule has 0 aliphatic rings. The van der Waals surface area contributed by atoms with E-state index in [0.717, 1.165) is 34.1 Å². The summed E-state index contributed by atoms with van der Waals surface area (Å²) in [5.41, 5.74) is 0.946. The summed E-state index contributed by atoms with van der Waals surface area (Å²) < 4.78 is 12.1. The van der Waals surface area contributed by atoms with Crippen molar-refractivity contribution in [3.8, 4) is 5.75 Å². The molecule has 1 heterocycles. The fraction of sp³-hybridized carbons (Fsp3) is 0.357. The van der Waals surface area contributed by atoms with Crippen molar-refractivity contribution in [3.63, 3.8) is 0 Å². The summed E-state index contributed by atoms with van der Waals surface area (Å²) >= 11 is 3.41. The second kappa shape index (κ2) is 6.73. The predicted molar refractivity (Wildman–Crippen MR) is 77.3 cm³/mol. The van der Waals surface area contributed by atoms with Crippen LogP contribution in [0, 0.1) is 13.8 Å². The van der Waals surface area contributed by atoms with Crippen LogP contribution in [0.1, 0.15) is 17.3 Å². The Morgan fingerprint density at radius 2 is 2.21 bits per heavy atom. The zero-order valence-electron chi connectivity index (χ0n) is 11.1. The Hall–Kier alpha value is -1.33. The first-order valence-electron chi connectivity index (χ1n) is 6.17. The fourth-order valence-electron chi connectivity index (χ4n) is 1.61. The third kappa shape index (κ3) is 4.36. The smallest absolute Gasteiger partial charge is 0.208 e. The minimum Gasteiger partial charge on any atom is -0.492 e. The molecule has 0 amide bonds. The van der Waals surface area contributed by atoms with Crippen LogP contribution >= 0.6 is 15.9 Å². The van der Waals surface area contributed by atoms with E-state index in [2.05, 4.69) is 26.2 Å². The van der Waals surface area contributed by atoms with Gasteiger partial charge in [0.25, 0.3) is 0 Å². The quantitative estimate of drug-likeness (QED) is 0.829. The number of aryl methyl sites for hydroxylation is 2. The van der Waals surface area contributed by atoms with E-state index in [1.807, 2.05) is 38.1 Å². The van der Waals surface area contributed by atoms with Gasteiger partial charge >= 0.3 is 0 Å². The first-order chi connectivity index (χ1) is 9.15. The first-order valence-corrected chi connectivity index (χ1v) is 6.96. The Labute approximate surface area is 121 Å². The van der Waals surface area contributed by atoms with Gasteiger partial charge in [0.2, 0.25) is 5.89 Å². The Morgan fingerprint density at radius 1 is 1.37 bits per heavy atom. The second-order valence-corrected chi connectivity index (χ2v) is 5.15. The molecule has 4 nitrogen and oxygen atoms in total. The van der Waals surface area contributed by atoms with Gasteiger partial charge in [-0.05, 0) is 32.0 Å². The van der Waals surface area contributed by atoms with Gasteiger partial charge in [0.1, 0.15) is 18.1 Å². The molecule has 2 rings (SSSR count). The van der Waals surface area contributed by atoms with Gasteiger partial charge in [-0.15, -0.1) is 0 Å². The van der Waals surface area contributed by atoms with Crippen LogP contribution in [0.4, 0.5) is 0 Å². The molecule has 5 heteroatoms. The highest BCUT2D eigenvalue weighted by molar-refractivity contribution is 9.10. The first kappa shape index (κ1) is 14.1. The standard InChI is InChI=1S/C14H17BrN2O2/c1-10-11(2)19-14(17-10)9-16-6-7-18-13-5-3-4-12(15)8-13/h3-5,8,16H,6-7,9H2,1-2H3. The van der Waals surface area contributed by atoms with Crippen LogP contribution in [0.15, 0.2) is 33.2 Å². The summed E-state index contributed by atoms with van der Waals surface area (Å²) in [5.74, 6) is 2.46. The van der Waals surface area contributed by atoms with Crippen LogP contribution in [0.5, 0.6) is 5.75 Å². The van der Waals surface area contributed by atoms with Crippen LogP contribution in [-0.2, 0) is 6.54 Å². The second-order valence-electron chi connectivity index (χ2n) is 4.23. The van der Waals surface area contributed by atoms with Crippen LogP contribution in [0.3, 0.4) is 0 Å². The van der Waals surface area contributed by atoms with Gasteiger partial charge < -0.3 is 14.5 Å². The average Bonchev–Trinajstić information content (AvgIpc) is 2.68. The number of halogens is 1. The average molecular weight is 325 g/mol. The SMILES string of the molecule is Cc1nc(CNCCOc2cccc(Br)c2)oc1C. The van der Waals surface area contributed by atoms with E-state index in [0.29, 0.717) is 13.2 Å². The number of oxazole rings is 1. The monoisotopic (exact) mass is 324 g/mol. The van der Waals surface area contributed by atoms with E-state index in [1.54, 1.807) is 0 Å². The number of nitrogens with one attached hydrogen (secondary N) is 1. The van der Waals surface area contributed by atoms with E-state index >= 15 is 0 Å². The lowest BCUT2D eigenvalue weighted by Crippen LogP contribution is -2.20. The van der Waals surface area contributed by atoms with Crippen LogP contribution in [0.25, 0.3) is 0 Å². The van der Waals surface area contributed by atoms with E-state index in [-0.39, 0.29) is 0 Å². The highest BCUT2D eigenvalue weighted by atomic mass is 79.9. The molecule has 0 bridgehead atoms.